The molecule has 0 bridgehead atoms. The van der Waals surface area contributed by atoms with Crippen molar-refractivity contribution in [1.29, 1.82) is 0 Å². The van der Waals surface area contributed by atoms with Crippen molar-refractivity contribution in [2.75, 3.05) is 26.9 Å². The third-order valence-corrected chi connectivity index (χ3v) is 2.48. The van der Waals surface area contributed by atoms with Crippen molar-refractivity contribution in [3.8, 4) is 0 Å². The second-order valence-corrected chi connectivity index (χ2v) is 3.87. The van der Waals surface area contributed by atoms with Crippen LogP contribution in [-0.4, -0.2) is 32.7 Å². The first-order valence-corrected chi connectivity index (χ1v) is 5.54. The van der Waals surface area contributed by atoms with E-state index < -0.39 is 5.82 Å². The highest BCUT2D eigenvalue weighted by Gasteiger charge is 2.11. The second kappa shape index (κ2) is 7.37. The van der Waals surface area contributed by atoms with Crippen LogP contribution < -0.4 is 0 Å². The van der Waals surface area contributed by atoms with Crippen molar-refractivity contribution in [3.05, 3.63) is 34.6 Å². The molecule has 0 aliphatic heterocycles. The van der Waals surface area contributed by atoms with Crippen molar-refractivity contribution in [2.45, 2.75) is 6.42 Å². The topological polar surface area (TPSA) is 35.5 Å². The number of methoxy groups -OCH3 is 1. The molecule has 0 saturated heterocycles. The Kier molecular flexibility index (Phi) is 6.11. The Morgan fingerprint density at radius 2 is 2.18 bits per heavy atom. The maximum Gasteiger partial charge on any atom is 0.162 e. The van der Waals surface area contributed by atoms with Crippen LogP contribution in [0.2, 0.25) is 5.02 Å². The van der Waals surface area contributed by atoms with Gasteiger partial charge in [-0.2, -0.15) is 0 Å². The van der Waals surface area contributed by atoms with Crippen LogP contribution in [0.15, 0.2) is 18.2 Å². The third kappa shape index (κ3) is 4.81. The summed E-state index contributed by atoms with van der Waals surface area (Å²) in [5.74, 6) is -0.684. The van der Waals surface area contributed by atoms with Crippen LogP contribution in [0.1, 0.15) is 5.56 Å². The fraction of sp³-hybridized carbons (Fsp3) is 0.417. The number of rotatable bonds is 7. The molecule has 94 valence electrons. The van der Waals surface area contributed by atoms with E-state index in [0.717, 1.165) is 0 Å². The van der Waals surface area contributed by atoms with E-state index in [9.17, 15) is 9.18 Å². The lowest BCUT2D eigenvalue weighted by atomic mass is 10.1. The van der Waals surface area contributed by atoms with Gasteiger partial charge in [0.15, 0.2) is 5.78 Å². The van der Waals surface area contributed by atoms with Crippen LogP contribution in [-0.2, 0) is 20.7 Å². The quantitative estimate of drug-likeness (QED) is 0.706. The lowest BCUT2D eigenvalue weighted by Gasteiger charge is -2.06. The average molecular weight is 261 g/mol. The summed E-state index contributed by atoms with van der Waals surface area (Å²) in [6.45, 7) is 0.703. The van der Waals surface area contributed by atoms with Gasteiger partial charge >= 0.3 is 0 Å². The molecule has 0 heterocycles. The molecule has 0 saturated carbocycles. The monoisotopic (exact) mass is 260 g/mol. The third-order valence-electron chi connectivity index (χ3n) is 2.13. The highest BCUT2D eigenvalue weighted by Crippen LogP contribution is 2.19. The molecule has 0 fully saturated rings. The molecule has 0 spiro atoms. The molecule has 1 rings (SSSR count). The minimum atomic E-state index is -0.470. The predicted octanol–water partition coefficient (Wildman–Crippen LogP) is 2.25. The normalized spacial score (nSPS) is 10.5. The minimum Gasteiger partial charge on any atom is -0.382 e. The van der Waals surface area contributed by atoms with E-state index in [4.69, 9.17) is 21.1 Å². The number of hydrogen-bond donors (Lipinski definition) is 0. The minimum absolute atomic E-state index is 0.0571. The SMILES string of the molecule is COCCOCC(=O)Cc1c(F)cccc1Cl. The Hall–Kier alpha value is -0.970. The summed E-state index contributed by atoms with van der Waals surface area (Å²) >= 11 is 5.80. The van der Waals surface area contributed by atoms with Gasteiger partial charge in [0, 0.05) is 24.1 Å². The van der Waals surface area contributed by atoms with Crippen LogP contribution in [0.3, 0.4) is 0 Å². The Labute approximate surface area is 104 Å². The van der Waals surface area contributed by atoms with E-state index in [1.165, 1.54) is 12.1 Å². The number of hydrogen-bond acceptors (Lipinski definition) is 3. The summed E-state index contributed by atoms with van der Waals surface area (Å²) in [5, 5.41) is 0.259. The predicted molar refractivity (Wildman–Crippen MR) is 62.8 cm³/mol. The molecular weight excluding hydrogens is 247 g/mol. The smallest absolute Gasteiger partial charge is 0.162 e. The van der Waals surface area contributed by atoms with Gasteiger partial charge in [0.1, 0.15) is 12.4 Å². The molecule has 0 atom stereocenters. The first-order valence-electron chi connectivity index (χ1n) is 5.16. The van der Waals surface area contributed by atoms with E-state index in [-0.39, 0.29) is 29.4 Å². The molecule has 0 radical (unpaired) electrons. The van der Waals surface area contributed by atoms with Gasteiger partial charge in [-0.25, -0.2) is 4.39 Å². The van der Waals surface area contributed by atoms with Crippen LogP contribution >= 0.6 is 11.6 Å². The Bertz CT molecular complexity index is 362. The first kappa shape index (κ1) is 14.1. The number of ether oxygens (including phenoxy) is 2. The van der Waals surface area contributed by atoms with Crippen molar-refractivity contribution in [1.82, 2.24) is 0 Å². The fourth-order valence-corrected chi connectivity index (χ4v) is 1.51. The maximum atomic E-state index is 13.4. The van der Waals surface area contributed by atoms with E-state index in [1.807, 2.05) is 0 Å². The number of carbonyl (C=O) groups excluding carboxylic acids is 1. The fourth-order valence-electron chi connectivity index (χ4n) is 1.28. The summed E-state index contributed by atoms with van der Waals surface area (Å²) in [4.78, 5) is 11.5. The highest BCUT2D eigenvalue weighted by molar-refractivity contribution is 6.31. The number of ketones is 1. The standard InChI is InChI=1S/C12H14ClFO3/c1-16-5-6-17-8-9(15)7-10-11(13)3-2-4-12(10)14/h2-4H,5-8H2,1H3. The molecule has 0 unspecified atom stereocenters. The molecule has 1 aromatic rings. The zero-order valence-corrected chi connectivity index (χ0v) is 10.3. The van der Waals surface area contributed by atoms with E-state index in [1.54, 1.807) is 13.2 Å². The summed E-state index contributed by atoms with van der Waals surface area (Å²) in [7, 11) is 1.55. The lowest BCUT2D eigenvalue weighted by Crippen LogP contribution is -2.14. The molecule has 17 heavy (non-hydrogen) atoms. The summed E-state index contributed by atoms with van der Waals surface area (Å²) in [5.41, 5.74) is 0.217. The Morgan fingerprint density at radius 1 is 1.41 bits per heavy atom. The number of carbonyl (C=O) groups is 1. The van der Waals surface area contributed by atoms with Gasteiger partial charge in [-0.1, -0.05) is 17.7 Å². The van der Waals surface area contributed by atoms with Gasteiger partial charge in [-0.05, 0) is 12.1 Å². The molecule has 0 aliphatic carbocycles. The molecule has 3 nitrogen and oxygen atoms in total. The number of halogens is 2. The molecule has 1 aromatic carbocycles. The van der Waals surface area contributed by atoms with Crippen LogP contribution in [0.4, 0.5) is 4.39 Å². The number of Topliss-reactive ketones (excluding diaryl/α,β-unsaturated/α-hetero) is 1. The van der Waals surface area contributed by atoms with Crippen LogP contribution in [0.25, 0.3) is 0 Å². The van der Waals surface area contributed by atoms with Gasteiger partial charge in [0.05, 0.1) is 13.2 Å². The van der Waals surface area contributed by atoms with Crippen LogP contribution in [0, 0.1) is 5.82 Å². The highest BCUT2D eigenvalue weighted by atomic mass is 35.5. The zero-order valence-electron chi connectivity index (χ0n) is 9.54. The average Bonchev–Trinajstić information content (AvgIpc) is 2.30. The maximum absolute atomic E-state index is 13.4. The van der Waals surface area contributed by atoms with Gasteiger partial charge in [-0.15, -0.1) is 0 Å². The second-order valence-electron chi connectivity index (χ2n) is 3.46. The molecule has 5 heteroatoms. The van der Waals surface area contributed by atoms with E-state index in [0.29, 0.717) is 13.2 Å². The van der Waals surface area contributed by atoms with E-state index in [2.05, 4.69) is 0 Å². The van der Waals surface area contributed by atoms with Crippen molar-refractivity contribution in [2.24, 2.45) is 0 Å². The van der Waals surface area contributed by atoms with Gasteiger partial charge in [0.2, 0.25) is 0 Å². The van der Waals surface area contributed by atoms with Crippen molar-refractivity contribution >= 4 is 17.4 Å². The van der Waals surface area contributed by atoms with Gasteiger partial charge < -0.3 is 9.47 Å². The van der Waals surface area contributed by atoms with Gasteiger partial charge in [-0.3, -0.25) is 4.79 Å². The number of benzene rings is 1. The lowest BCUT2D eigenvalue weighted by molar-refractivity contribution is -0.123. The molecular formula is C12H14ClFO3. The zero-order chi connectivity index (χ0) is 12.7. The summed E-state index contributed by atoms with van der Waals surface area (Å²) in [6, 6.07) is 4.33. The molecule has 0 aromatic heterocycles. The van der Waals surface area contributed by atoms with E-state index >= 15 is 0 Å². The first-order chi connectivity index (χ1) is 8.15. The molecule has 0 aliphatic rings. The summed E-state index contributed by atoms with van der Waals surface area (Å²) in [6.07, 6.45) is -0.0571. The molecule has 0 N–H and O–H groups in total. The Morgan fingerprint density at radius 3 is 2.82 bits per heavy atom. The van der Waals surface area contributed by atoms with Crippen LogP contribution in [0.5, 0.6) is 0 Å². The van der Waals surface area contributed by atoms with Crippen molar-refractivity contribution in [3.63, 3.8) is 0 Å². The van der Waals surface area contributed by atoms with Gasteiger partial charge in [0.25, 0.3) is 0 Å². The largest absolute Gasteiger partial charge is 0.382 e. The van der Waals surface area contributed by atoms with Crippen molar-refractivity contribution < 1.29 is 18.7 Å². The molecule has 0 amide bonds. The Balaban J connectivity index is 2.45. The summed E-state index contributed by atoms with van der Waals surface area (Å²) < 4.78 is 23.2.